The van der Waals surface area contributed by atoms with Gasteiger partial charge >= 0.3 is 11.4 Å². The molecule has 7 heteroatoms. The maximum atomic E-state index is 10.2. The summed E-state index contributed by atoms with van der Waals surface area (Å²) >= 11 is 0. The SMILES string of the molecule is O=[N+]([O-])c1ccccc1[N+](=O)[O-].[Pt]. The molecular formula is C6H4N2O4Pt. The second-order valence-electron chi connectivity index (χ2n) is 2.00. The number of hydrogen-bond acceptors (Lipinski definition) is 4. The van der Waals surface area contributed by atoms with Crippen molar-refractivity contribution in [1.29, 1.82) is 0 Å². The van der Waals surface area contributed by atoms with Crippen molar-refractivity contribution >= 4 is 11.4 Å². The van der Waals surface area contributed by atoms with Crippen LogP contribution in [0.1, 0.15) is 0 Å². The van der Waals surface area contributed by atoms with Crippen LogP contribution in [0.5, 0.6) is 0 Å². The predicted octanol–water partition coefficient (Wildman–Crippen LogP) is 1.50. The van der Waals surface area contributed by atoms with Gasteiger partial charge in [-0.2, -0.15) is 0 Å². The van der Waals surface area contributed by atoms with Crippen LogP contribution in [-0.2, 0) is 21.1 Å². The van der Waals surface area contributed by atoms with E-state index in [2.05, 4.69) is 0 Å². The minimum Gasteiger partial charge on any atom is -0.258 e. The predicted molar refractivity (Wildman–Crippen MR) is 39.8 cm³/mol. The summed E-state index contributed by atoms with van der Waals surface area (Å²) in [5, 5.41) is 20.5. The van der Waals surface area contributed by atoms with Gasteiger partial charge in [0.25, 0.3) is 0 Å². The molecule has 1 aromatic carbocycles. The molecule has 0 atom stereocenters. The van der Waals surface area contributed by atoms with Crippen LogP contribution < -0.4 is 0 Å². The molecule has 1 rings (SSSR count). The van der Waals surface area contributed by atoms with Crippen LogP contribution in [0.4, 0.5) is 11.4 Å². The molecule has 0 N–H and O–H groups in total. The molecule has 0 spiro atoms. The van der Waals surface area contributed by atoms with Gasteiger partial charge in [-0.1, -0.05) is 12.1 Å². The van der Waals surface area contributed by atoms with E-state index in [1.807, 2.05) is 0 Å². The maximum absolute atomic E-state index is 10.2. The molecule has 0 unspecified atom stereocenters. The standard InChI is InChI=1S/C6H4N2O4.Pt/c9-7(10)5-3-1-2-4-6(5)8(11)12;/h1-4H;. The minimum atomic E-state index is -0.780. The summed E-state index contributed by atoms with van der Waals surface area (Å²) in [4.78, 5) is 18.9. The summed E-state index contributed by atoms with van der Waals surface area (Å²) in [6.45, 7) is 0. The molecule has 0 saturated carbocycles. The number of nitro groups is 2. The van der Waals surface area contributed by atoms with Crippen molar-refractivity contribution in [2.24, 2.45) is 0 Å². The van der Waals surface area contributed by atoms with E-state index in [1.54, 1.807) is 0 Å². The van der Waals surface area contributed by atoms with Gasteiger partial charge in [0, 0.05) is 33.2 Å². The average molecular weight is 363 g/mol. The quantitative estimate of drug-likeness (QED) is 0.589. The first kappa shape index (κ1) is 11.7. The van der Waals surface area contributed by atoms with E-state index in [-0.39, 0.29) is 21.1 Å². The monoisotopic (exact) mass is 363 g/mol. The van der Waals surface area contributed by atoms with Crippen LogP contribution in [0, 0.1) is 20.2 Å². The molecule has 0 radical (unpaired) electrons. The zero-order valence-corrected chi connectivity index (χ0v) is 8.43. The summed E-state index contributed by atoms with van der Waals surface area (Å²) in [5.41, 5.74) is -0.968. The fraction of sp³-hybridized carbons (Fsp3) is 0. The van der Waals surface area contributed by atoms with E-state index in [9.17, 15) is 20.2 Å². The average Bonchev–Trinajstić information content (AvgIpc) is 2.04. The van der Waals surface area contributed by atoms with Crippen molar-refractivity contribution in [3.8, 4) is 0 Å². The molecule has 0 fully saturated rings. The van der Waals surface area contributed by atoms with Crippen LogP contribution in [-0.4, -0.2) is 9.85 Å². The fourth-order valence-electron chi connectivity index (χ4n) is 0.773. The molecule has 0 aromatic heterocycles. The molecular weight excluding hydrogens is 359 g/mol. The van der Waals surface area contributed by atoms with Crippen LogP contribution in [0.2, 0.25) is 0 Å². The van der Waals surface area contributed by atoms with Crippen molar-refractivity contribution in [2.45, 2.75) is 0 Å². The van der Waals surface area contributed by atoms with E-state index >= 15 is 0 Å². The smallest absolute Gasteiger partial charge is 0.258 e. The van der Waals surface area contributed by atoms with E-state index in [0.717, 1.165) is 12.1 Å². The Morgan fingerprint density at radius 2 is 1.23 bits per heavy atom. The molecule has 0 aliphatic heterocycles. The van der Waals surface area contributed by atoms with Crippen molar-refractivity contribution in [2.75, 3.05) is 0 Å². The first-order chi connectivity index (χ1) is 5.63. The molecule has 72 valence electrons. The van der Waals surface area contributed by atoms with Crippen molar-refractivity contribution < 1.29 is 30.9 Å². The molecule has 0 aliphatic carbocycles. The third-order valence-corrected chi connectivity index (χ3v) is 1.28. The van der Waals surface area contributed by atoms with Gasteiger partial charge in [-0.25, -0.2) is 0 Å². The number of para-hydroxylation sites is 2. The molecule has 0 saturated heterocycles. The van der Waals surface area contributed by atoms with Gasteiger partial charge < -0.3 is 0 Å². The first-order valence-corrected chi connectivity index (χ1v) is 3.00. The molecule has 0 heterocycles. The third kappa shape index (κ3) is 2.59. The van der Waals surface area contributed by atoms with Gasteiger partial charge in [0.1, 0.15) is 0 Å². The van der Waals surface area contributed by atoms with Gasteiger partial charge in [0.2, 0.25) is 0 Å². The van der Waals surface area contributed by atoms with Gasteiger partial charge in [0.05, 0.1) is 9.85 Å². The summed E-state index contributed by atoms with van der Waals surface area (Å²) in [6, 6.07) is 4.95. The minimum absolute atomic E-state index is 0. The molecule has 6 nitrogen and oxygen atoms in total. The molecule has 13 heavy (non-hydrogen) atoms. The number of hydrogen-bond donors (Lipinski definition) is 0. The molecule has 0 bridgehead atoms. The first-order valence-electron chi connectivity index (χ1n) is 3.00. The number of rotatable bonds is 2. The maximum Gasteiger partial charge on any atom is 0.346 e. The third-order valence-electron chi connectivity index (χ3n) is 1.28. The Morgan fingerprint density at radius 3 is 1.46 bits per heavy atom. The number of nitrogens with zero attached hydrogens (tertiary/aromatic N) is 2. The second kappa shape index (κ2) is 4.67. The van der Waals surface area contributed by atoms with Crippen LogP contribution >= 0.6 is 0 Å². The van der Waals surface area contributed by atoms with Crippen LogP contribution in [0.15, 0.2) is 24.3 Å². The largest absolute Gasteiger partial charge is 0.346 e. The Kier molecular flexibility index (Phi) is 4.20. The van der Waals surface area contributed by atoms with Gasteiger partial charge in [-0.15, -0.1) is 0 Å². The summed E-state index contributed by atoms with van der Waals surface area (Å²) in [7, 11) is 0. The number of benzene rings is 1. The van der Waals surface area contributed by atoms with Gasteiger partial charge in [0.15, 0.2) is 0 Å². The molecule has 0 amide bonds. The Hall–Kier alpha value is -1.29. The molecule has 1 aromatic rings. The van der Waals surface area contributed by atoms with Crippen molar-refractivity contribution in [3.05, 3.63) is 44.5 Å². The fourth-order valence-corrected chi connectivity index (χ4v) is 0.773. The van der Waals surface area contributed by atoms with E-state index in [1.165, 1.54) is 12.1 Å². The summed E-state index contributed by atoms with van der Waals surface area (Å²) < 4.78 is 0. The van der Waals surface area contributed by atoms with Crippen molar-refractivity contribution in [3.63, 3.8) is 0 Å². The van der Waals surface area contributed by atoms with Crippen molar-refractivity contribution in [1.82, 2.24) is 0 Å². The van der Waals surface area contributed by atoms with Crippen LogP contribution in [0.3, 0.4) is 0 Å². The Balaban J connectivity index is 0.00000144. The van der Waals surface area contributed by atoms with E-state index in [0.29, 0.717) is 0 Å². The van der Waals surface area contributed by atoms with Gasteiger partial charge in [-0.05, 0) is 0 Å². The topological polar surface area (TPSA) is 86.3 Å². The zero-order chi connectivity index (χ0) is 9.14. The van der Waals surface area contributed by atoms with Crippen LogP contribution in [0.25, 0.3) is 0 Å². The normalized spacial score (nSPS) is 8.62. The van der Waals surface area contributed by atoms with Gasteiger partial charge in [-0.3, -0.25) is 20.2 Å². The zero-order valence-electron chi connectivity index (χ0n) is 6.15. The molecule has 0 aliphatic rings. The second-order valence-corrected chi connectivity index (χ2v) is 2.00. The van der Waals surface area contributed by atoms with E-state index < -0.39 is 21.2 Å². The Bertz CT molecular complexity index is 308. The Labute approximate surface area is 87.1 Å². The summed E-state index contributed by atoms with van der Waals surface area (Å²) in [5.74, 6) is 0. The Morgan fingerprint density at radius 1 is 0.923 bits per heavy atom. The summed E-state index contributed by atoms with van der Waals surface area (Å²) in [6.07, 6.45) is 0. The van der Waals surface area contributed by atoms with E-state index in [4.69, 9.17) is 0 Å². The number of nitro benzene ring substituents is 2.